The molecule has 0 aromatic carbocycles. The fourth-order valence-corrected chi connectivity index (χ4v) is 1.50. The molecule has 18 heavy (non-hydrogen) atoms. The summed E-state index contributed by atoms with van der Waals surface area (Å²) in [6.45, 7) is 7.19. The summed E-state index contributed by atoms with van der Waals surface area (Å²) in [5, 5.41) is 9.30. The van der Waals surface area contributed by atoms with Crippen LogP contribution in [0.15, 0.2) is 0 Å². The van der Waals surface area contributed by atoms with Gasteiger partial charge < -0.3 is 9.84 Å². The Morgan fingerprint density at radius 3 is 2.22 bits per heavy atom. The van der Waals surface area contributed by atoms with Gasteiger partial charge in [0.2, 0.25) is 0 Å². The van der Waals surface area contributed by atoms with Gasteiger partial charge in [-0.2, -0.15) is 0 Å². The highest BCUT2D eigenvalue weighted by Gasteiger charge is 2.38. The van der Waals surface area contributed by atoms with Crippen LogP contribution in [0.2, 0.25) is 0 Å². The number of carbonyl (C=O) groups excluding carboxylic acids is 1. The van der Waals surface area contributed by atoms with Gasteiger partial charge in [-0.3, -0.25) is 9.59 Å². The Morgan fingerprint density at radius 1 is 1.33 bits per heavy atom. The first-order chi connectivity index (χ1) is 8.33. The van der Waals surface area contributed by atoms with Gasteiger partial charge in [0.25, 0.3) is 0 Å². The first kappa shape index (κ1) is 16.9. The summed E-state index contributed by atoms with van der Waals surface area (Å²) < 4.78 is 4.63. The lowest BCUT2D eigenvalue weighted by molar-refractivity contribution is -0.149. The molecule has 106 valence electrons. The van der Waals surface area contributed by atoms with E-state index >= 15 is 0 Å². The predicted molar refractivity (Wildman–Crippen MR) is 67.9 cm³/mol. The minimum atomic E-state index is -1.13. The average Bonchev–Trinajstić information content (AvgIpc) is 2.37. The Bertz CT molecular complexity index is 296. The van der Waals surface area contributed by atoms with Gasteiger partial charge >= 0.3 is 11.9 Å². The SMILES string of the molecule is CCC(NN[C@](C)(C(=O)O)[C@@H](C)CC)C(=O)OC. The molecular weight excluding hydrogens is 236 g/mol. The molecule has 3 atom stereocenters. The van der Waals surface area contributed by atoms with Crippen molar-refractivity contribution in [1.29, 1.82) is 0 Å². The van der Waals surface area contributed by atoms with Crippen LogP contribution in [0, 0.1) is 5.92 Å². The van der Waals surface area contributed by atoms with Gasteiger partial charge in [-0.05, 0) is 19.3 Å². The first-order valence-electron chi connectivity index (χ1n) is 6.17. The number of carboxylic acid groups (broad SMARTS) is 1. The van der Waals surface area contributed by atoms with Crippen molar-refractivity contribution < 1.29 is 19.4 Å². The normalized spacial score (nSPS) is 17.6. The molecule has 0 aromatic rings. The number of ether oxygens (including phenoxy) is 1. The number of aliphatic carboxylic acids is 1. The highest BCUT2D eigenvalue weighted by molar-refractivity contribution is 5.79. The van der Waals surface area contributed by atoms with E-state index in [1.807, 2.05) is 20.8 Å². The lowest BCUT2D eigenvalue weighted by atomic mass is 9.86. The minimum absolute atomic E-state index is 0.0855. The Hall–Kier alpha value is -1.14. The highest BCUT2D eigenvalue weighted by atomic mass is 16.5. The smallest absolute Gasteiger partial charge is 0.325 e. The maximum atomic E-state index is 11.4. The van der Waals surface area contributed by atoms with Crippen molar-refractivity contribution in [3.63, 3.8) is 0 Å². The van der Waals surface area contributed by atoms with Gasteiger partial charge in [0, 0.05) is 0 Å². The molecule has 3 N–H and O–H groups in total. The summed E-state index contributed by atoms with van der Waals surface area (Å²) >= 11 is 0. The summed E-state index contributed by atoms with van der Waals surface area (Å²) in [5.41, 5.74) is 4.39. The zero-order chi connectivity index (χ0) is 14.3. The monoisotopic (exact) mass is 260 g/mol. The van der Waals surface area contributed by atoms with Crippen LogP contribution in [0.25, 0.3) is 0 Å². The third-order valence-electron chi connectivity index (χ3n) is 3.44. The molecule has 0 saturated heterocycles. The van der Waals surface area contributed by atoms with Gasteiger partial charge in [-0.1, -0.05) is 27.2 Å². The second-order valence-electron chi connectivity index (χ2n) is 4.57. The Balaban J connectivity index is 4.71. The highest BCUT2D eigenvalue weighted by Crippen LogP contribution is 2.19. The molecule has 1 unspecified atom stereocenters. The number of hydrogen-bond acceptors (Lipinski definition) is 5. The van der Waals surface area contributed by atoms with E-state index in [1.54, 1.807) is 6.92 Å². The van der Waals surface area contributed by atoms with Crippen molar-refractivity contribution >= 4 is 11.9 Å². The third-order valence-corrected chi connectivity index (χ3v) is 3.44. The molecule has 0 amide bonds. The van der Waals surface area contributed by atoms with E-state index in [0.29, 0.717) is 12.8 Å². The molecule has 0 spiro atoms. The fourth-order valence-electron chi connectivity index (χ4n) is 1.50. The van der Waals surface area contributed by atoms with Crippen LogP contribution in [0.1, 0.15) is 40.5 Å². The van der Waals surface area contributed by atoms with E-state index in [-0.39, 0.29) is 5.92 Å². The van der Waals surface area contributed by atoms with E-state index in [4.69, 9.17) is 0 Å². The van der Waals surface area contributed by atoms with E-state index in [0.717, 1.165) is 0 Å². The Labute approximate surface area is 108 Å². The lowest BCUT2D eigenvalue weighted by Crippen LogP contribution is -2.62. The van der Waals surface area contributed by atoms with E-state index in [1.165, 1.54) is 7.11 Å². The lowest BCUT2D eigenvalue weighted by Gasteiger charge is -2.33. The largest absolute Gasteiger partial charge is 0.480 e. The maximum absolute atomic E-state index is 11.4. The van der Waals surface area contributed by atoms with Crippen molar-refractivity contribution in [1.82, 2.24) is 10.9 Å². The summed E-state index contributed by atoms with van der Waals surface area (Å²) in [5.74, 6) is -1.45. The number of hydrogen-bond donors (Lipinski definition) is 3. The van der Waals surface area contributed by atoms with Gasteiger partial charge in [0.05, 0.1) is 7.11 Å². The van der Waals surface area contributed by atoms with Crippen molar-refractivity contribution in [3.05, 3.63) is 0 Å². The van der Waals surface area contributed by atoms with Crippen LogP contribution in [0.4, 0.5) is 0 Å². The maximum Gasteiger partial charge on any atom is 0.325 e. The number of carbonyl (C=O) groups is 2. The molecule has 6 nitrogen and oxygen atoms in total. The van der Waals surface area contributed by atoms with Crippen LogP contribution in [0.3, 0.4) is 0 Å². The van der Waals surface area contributed by atoms with Gasteiger partial charge in [-0.25, -0.2) is 10.9 Å². The number of rotatable bonds is 8. The molecule has 0 aliphatic carbocycles. The molecule has 0 aliphatic heterocycles. The molecule has 0 aromatic heterocycles. The van der Waals surface area contributed by atoms with E-state index < -0.39 is 23.5 Å². The standard InChI is InChI=1S/C12H24N2O4/c1-6-8(3)12(4,11(16)17)14-13-9(7-2)10(15)18-5/h8-9,13-14H,6-7H2,1-5H3,(H,16,17)/t8-,9?,12-/m0/s1. The summed E-state index contributed by atoms with van der Waals surface area (Å²) in [4.78, 5) is 22.7. The fraction of sp³-hybridized carbons (Fsp3) is 0.833. The molecule has 0 aliphatic rings. The number of hydrazine groups is 1. The Kier molecular flexibility index (Phi) is 6.86. The molecule has 0 bridgehead atoms. The van der Waals surface area contributed by atoms with E-state index in [9.17, 15) is 14.7 Å². The molecular formula is C12H24N2O4. The number of methoxy groups -OCH3 is 1. The van der Waals surface area contributed by atoms with Gasteiger partial charge in [0.1, 0.15) is 11.6 Å². The predicted octanol–water partition coefficient (Wildman–Crippen LogP) is 0.922. The van der Waals surface area contributed by atoms with Gasteiger partial charge in [-0.15, -0.1) is 0 Å². The number of carboxylic acids is 1. The topological polar surface area (TPSA) is 87.7 Å². The van der Waals surface area contributed by atoms with Crippen molar-refractivity contribution in [2.24, 2.45) is 5.92 Å². The third kappa shape index (κ3) is 3.96. The quantitative estimate of drug-likeness (QED) is 0.444. The van der Waals surface area contributed by atoms with Crippen LogP contribution in [0.5, 0.6) is 0 Å². The summed E-state index contributed by atoms with van der Waals surface area (Å²) in [6.07, 6.45) is 1.22. The van der Waals surface area contributed by atoms with E-state index in [2.05, 4.69) is 15.6 Å². The second-order valence-corrected chi connectivity index (χ2v) is 4.57. The van der Waals surface area contributed by atoms with Crippen LogP contribution in [-0.2, 0) is 14.3 Å². The summed E-state index contributed by atoms with van der Waals surface area (Å²) in [7, 11) is 1.30. The van der Waals surface area contributed by atoms with Crippen molar-refractivity contribution in [3.8, 4) is 0 Å². The van der Waals surface area contributed by atoms with Gasteiger partial charge in [0.15, 0.2) is 0 Å². The summed E-state index contributed by atoms with van der Waals surface area (Å²) in [6, 6.07) is -0.558. The molecule has 6 heteroatoms. The second kappa shape index (κ2) is 7.33. The molecule has 0 radical (unpaired) electrons. The minimum Gasteiger partial charge on any atom is -0.480 e. The van der Waals surface area contributed by atoms with Crippen molar-refractivity contribution in [2.75, 3.05) is 7.11 Å². The van der Waals surface area contributed by atoms with Crippen molar-refractivity contribution in [2.45, 2.75) is 52.1 Å². The van der Waals surface area contributed by atoms with Crippen LogP contribution >= 0.6 is 0 Å². The zero-order valence-electron chi connectivity index (χ0n) is 11.7. The Morgan fingerprint density at radius 2 is 1.89 bits per heavy atom. The average molecular weight is 260 g/mol. The van der Waals surface area contributed by atoms with Crippen LogP contribution < -0.4 is 10.9 Å². The number of nitrogens with one attached hydrogen (secondary N) is 2. The molecule has 0 rings (SSSR count). The van der Waals surface area contributed by atoms with Crippen LogP contribution in [-0.4, -0.2) is 35.7 Å². The number of esters is 1. The zero-order valence-corrected chi connectivity index (χ0v) is 11.7. The molecule has 0 saturated carbocycles. The molecule has 0 heterocycles. The first-order valence-corrected chi connectivity index (χ1v) is 6.17. The molecule has 0 fully saturated rings.